The highest BCUT2D eigenvalue weighted by molar-refractivity contribution is 6.30. The third kappa shape index (κ3) is 4.56. The van der Waals surface area contributed by atoms with E-state index >= 15 is 0 Å². The first kappa shape index (κ1) is 20.9. The summed E-state index contributed by atoms with van der Waals surface area (Å²) in [5.41, 5.74) is 1.40. The molecule has 158 valence electrons. The van der Waals surface area contributed by atoms with Gasteiger partial charge in [-0.15, -0.1) is 0 Å². The Balaban J connectivity index is 1.61. The van der Waals surface area contributed by atoms with Crippen LogP contribution in [-0.4, -0.2) is 21.8 Å². The minimum absolute atomic E-state index is 0.110. The third-order valence-corrected chi connectivity index (χ3v) is 5.08. The van der Waals surface area contributed by atoms with E-state index in [1.165, 1.54) is 6.07 Å². The fraction of sp³-hybridized carbons (Fsp3) is 0.130. The van der Waals surface area contributed by atoms with Crippen molar-refractivity contribution in [3.05, 3.63) is 94.9 Å². The van der Waals surface area contributed by atoms with E-state index in [1.807, 2.05) is 12.1 Å². The van der Waals surface area contributed by atoms with E-state index in [9.17, 15) is 18.0 Å². The highest BCUT2D eigenvalue weighted by Crippen LogP contribution is 2.33. The van der Waals surface area contributed by atoms with Crippen LogP contribution in [0.25, 0.3) is 16.8 Å². The van der Waals surface area contributed by atoms with Crippen LogP contribution in [0, 0.1) is 0 Å². The summed E-state index contributed by atoms with van der Waals surface area (Å²) in [6, 6.07) is 17.4. The van der Waals surface area contributed by atoms with Crippen molar-refractivity contribution in [1.29, 1.82) is 0 Å². The number of hydrogen-bond donors (Lipinski definition) is 1. The fourth-order valence-electron chi connectivity index (χ4n) is 3.30. The van der Waals surface area contributed by atoms with Gasteiger partial charge in [-0.05, 0) is 48.4 Å². The Morgan fingerprint density at radius 2 is 1.81 bits per heavy atom. The number of carbonyl (C=O) groups excluding carboxylic acids is 1. The molecule has 31 heavy (non-hydrogen) atoms. The Bertz CT molecular complexity index is 1230. The molecule has 8 heteroatoms. The molecule has 2 heterocycles. The van der Waals surface area contributed by atoms with E-state index in [0.717, 1.165) is 17.7 Å². The Morgan fingerprint density at radius 1 is 1.03 bits per heavy atom. The van der Waals surface area contributed by atoms with Crippen LogP contribution in [0.5, 0.6) is 0 Å². The quantitative estimate of drug-likeness (QED) is 0.433. The van der Waals surface area contributed by atoms with Gasteiger partial charge in [0.2, 0.25) is 5.82 Å². The topological polar surface area (TPSA) is 46.4 Å². The minimum atomic E-state index is -4.46. The minimum Gasteiger partial charge on any atom is -0.349 e. The first-order chi connectivity index (χ1) is 14.8. The van der Waals surface area contributed by atoms with Crippen LogP contribution in [0.15, 0.2) is 72.9 Å². The molecule has 0 unspecified atom stereocenters. The number of imidazole rings is 1. The van der Waals surface area contributed by atoms with E-state index in [0.29, 0.717) is 34.8 Å². The Kier molecular flexibility index (Phi) is 5.69. The van der Waals surface area contributed by atoms with Crippen LogP contribution in [-0.2, 0) is 12.6 Å². The molecular weight excluding hydrogens is 427 g/mol. The maximum atomic E-state index is 13.1. The van der Waals surface area contributed by atoms with Crippen molar-refractivity contribution in [2.24, 2.45) is 0 Å². The van der Waals surface area contributed by atoms with Crippen molar-refractivity contribution in [1.82, 2.24) is 14.7 Å². The summed E-state index contributed by atoms with van der Waals surface area (Å²) in [5.74, 6) is -0.299. The van der Waals surface area contributed by atoms with E-state index in [-0.39, 0.29) is 5.82 Å². The van der Waals surface area contributed by atoms with Gasteiger partial charge in [-0.25, -0.2) is 4.98 Å². The molecule has 0 bridgehead atoms. The predicted octanol–water partition coefficient (Wildman–Crippen LogP) is 5.65. The van der Waals surface area contributed by atoms with Gasteiger partial charge < -0.3 is 5.32 Å². The first-order valence-corrected chi connectivity index (χ1v) is 9.88. The standard InChI is InChI=1S/C23H17ClF3N3O/c24-18-9-7-15(8-10-18)11-12-28-22(31)21-29-20(19-6-1-2-13-30(19)21)16-4-3-5-17(14-16)23(25,26)27/h1-10,13-14H,11-12H2,(H,28,31). The van der Waals surface area contributed by atoms with Gasteiger partial charge in [0.25, 0.3) is 5.91 Å². The number of hydrogen-bond acceptors (Lipinski definition) is 2. The average Bonchev–Trinajstić information content (AvgIpc) is 3.14. The number of carbonyl (C=O) groups is 1. The average molecular weight is 444 g/mol. The SMILES string of the molecule is O=C(NCCc1ccc(Cl)cc1)c1nc(-c2cccc(C(F)(F)F)c2)c2ccccn12. The lowest BCUT2D eigenvalue weighted by atomic mass is 10.1. The lowest BCUT2D eigenvalue weighted by Gasteiger charge is -2.07. The molecule has 1 N–H and O–H groups in total. The number of nitrogens with zero attached hydrogens (tertiary/aromatic N) is 2. The Morgan fingerprint density at radius 3 is 2.55 bits per heavy atom. The van der Waals surface area contributed by atoms with Gasteiger partial charge in [-0.3, -0.25) is 9.20 Å². The molecule has 0 aliphatic carbocycles. The molecule has 0 aliphatic rings. The number of pyridine rings is 1. The molecule has 0 aliphatic heterocycles. The number of amides is 1. The summed E-state index contributed by atoms with van der Waals surface area (Å²) in [5, 5.41) is 3.46. The van der Waals surface area contributed by atoms with Gasteiger partial charge in [0.15, 0.2) is 0 Å². The molecule has 0 radical (unpaired) electrons. The number of halogens is 4. The fourth-order valence-corrected chi connectivity index (χ4v) is 3.43. The van der Waals surface area contributed by atoms with Crippen LogP contribution < -0.4 is 5.32 Å². The highest BCUT2D eigenvalue weighted by atomic mass is 35.5. The van der Waals surface area contributed by atoms with Crippen molar-refractivity contribution in [2.75, 3.05) is 6.54 Å². The molecule has 2 aromatic carbocycles. The molecule has 0 saturated carbocycles. The molecular formula is C23H17ClF3N3O. The summed E-state index contributed by atoms with van der Waals surface area (Å²) < 4.78 is 41.0. The second kappa shape index (κ2) is 8.43. The first-order valence-electron chi connectivity index (χ1n) is 9.50. The number of fused-ring (bicyclic) bond motifs is 1. The lowest BCUT2D eigenvalue weighted by molar-refractivity contribution is -0.137. The van der Waals surface area contributed by atoms with Crippen molar-refractivity contribution >= 4 is 23.0 Å². The van der Waals surface area contributed by atoms with Crippen molar-refractivity contribution in [3.8, 4) is 11.3 Å². The van der Waals surface area contributed by atoms with E-state index < -0.39 is 17.6 Å². The number of alkyl halides is 3. The van der Waals surface area contributed by atoms with Crippen molar-refractivity contribution in [3.63, 3.8) is 0 Å². The summed E-state index contributed by atoms with van der Waals surface area (Å²) in [6.45, 7) is 0.376. The van der Waals surface area contributed by atoms with Crippen LogP contribution in [0.1, 0.15) is 21.7 Å². The Hall–Kier alpha value is -3.32. The largest absolute Gasteiger partial charge is 0.416 e. The zero-order chi connectivity index (χ0) is 22.0. The van der Waals surface area contributed by atoms with Gasteiger partial charge >= 0.3 is 6.18 Å². The molecule has 2 aromatic heterocycles. The molecule has 0 saturated heterocycles. The van der Waals surface area contributed by atoms with Gasteiger partial charge in [-0.2, -0.15) is 13.2 Å². The zero-order valence-electron chi connectivity index (χ0n) is 16.2. The smallest absolute Gasteiger partial charge is 0.349 e. The van der Waals surface area contributed by atoms with Crippen LogP contribution in [0.4, 0.5) is 13.2 Å². The number of nitrogens with one attached hydrogen (secondary N) is 1. The van der Waals surface area contributed by atoms with Crippen LogP contribution >= 0.6 is 11.6 Å². The number of rotatable bonds is 5. The molecule has 4 aromatic rings. The molecule has 4 rings (SSSR count). The second-order valence-electron chi connectivity index (χ2n) is 6.95. The maximum Gasteiger partial charge on any atom is 0.416 e. The second-order valence-corrected chi connectivity index (χ2v) is 7.39. The normalized spacial score (nSPS) is 11.6. The molecule has 0 spiro atoms. The van der Waals surface area contributed by atoms with Crippen LogP contribution in [0.3, 0.4) is 0 Å². The van der Waals surface area contributed by atoms with Gasteiger partial charge in [0, 0.05) is 23.3 Å². The zero-order valence-corrected chi connectivity index (χ0v) is 16.9. The highest BCUT2D eigenvalue weighted by Gasteiger charge is 2.31. The number of benzene rings is 2. The lowest BCUT2D eigenvalue weighted by Crippen LogP contribution is -2.27. The van der Waals surface area contributed by atoms with Gasteiger partial charge in [-0.1, -0.05) is 41.9 Å². The van der Waals surface area contributed by atoms with Crippen molar-refractivity contribution in [2.45, 2.75) is 12.6 Å². The van der Waals surface area contributed by atoms with E-state index in [2.05, 4.69) is 10.3 Å². The Labute approximate surface area is 181 Å². The van der Waals surface area contributed by atoms with Crippen molar-refractivity contribution < 1.29 is 18.0 Å². The summed E-state index contributed by atoms with van der Waals surface area (Å²) >= 11 is 5.88. The molecule has 4 nitrogen and oxygen atoms in total. The summed E-state index contributed by atoms with van der Waals surface area (Å²) in [4.78, 5) is 17.2. The van der Waals surface area contributed by atoms with E-state index in [4.69, 9.17) is 11.6 Å². The third-order valence-electron chi connectivity index (χ3n) is 4.83. The van der Waals surface area contributed by atoms with Gasteiger partial charge in [0.05, 0.1) is 16.8 Å². The monoisotopic (exact) mass is 443 g/mol. The summed E-state index contributed by atoms with van der Waals surface area (Å²) in [6.07, 6.45) is -2.20. The summed E-state index contributed by atoms with van der Waals surface area (Å²) in [7, 11) is 0. The van der Waals surface area contributed by atoms with E-state index in [1.54, 1.807) is 47.0 Å². The molecule has 0 fully saturated rings. The molecule has 0 atom stereocenters. The van der Waals surface area contributed by atoms with Crippen LogP contribution in [0.2, 0.25) is 5.02 Å². The van der Waals surface area contributed by atoms with Gasteiger partial charge in [0.1, 0.15) is 0 Å². The predicted molar refractivity (Wildman–Crippen MR) is 113 cm³/mol. The number of aromatic nitrogens is 2. The maximum absolute atomic E-state index is 13.1. The molecule has 1 amide bonds.